The molecule has 7 nitrogen and oxygen atoms in total. The minimum Gasteiger partial charge on any atom is -0.469 e. The van der Waals surface area contributed by atoms with Gasteiger partial charge in [-0.05, 0) is 135 Å². The Labute approximate surface area is 351 Å². The number of carbonyl (C=O) groups is 3. The zero-order valence-corrected chi connectivity index (χ0v) is 38.2. The first kappa shape index (κ1) is 54.3. The summed E-state index contributed by atoms with van der Waals surface area (Å²) in [4.78, 5) is 37.6. The number of methoxy groups -OCH3 is 2. The van der Waals surface area contributed by atoms with Crippen molar-refractivity contribution in [3.63, 3.8) is 0 Å². The predicted octanol–water partition coefficient (Wildman–Crippen LogP) is 13.6. The standard InChI is InChI=1S/C50H89NO6/c1-45(43-50(2,3)44-51(4)5)42-49(54)57-46(38-34-30-26-22-18-14-10-8-12-16-20-24-28-32-36-40-47(52)55-6)39-35-31-27-23-19-15-11-9-13-17-21-25-29-33-37-41-48(53)56-7/h8-9,12-13,20-21,24-25,45-46H,10-11,14-19,22-23,26-44H2,1-7H3/b12-8-,13-9-,24-20-,25-21-. The normalized spacial score (nSPS) is 12.9. The van der Waals surface area contributed by atoms with Gasteiger partial charge in [-0.2, -0.15) is 0 Å². The molecule has 0 aliphatic heterocycles. The van der Waals surface area contributed by atoms with Crippen LogP contribution in [0, 0.1) is 11.3 Å². The molecule has 0 aromatic heterocycles. The molecular weight excluding hydrogens is 711 g/mol. The van der Waals surface area contributed by atoms with Crippen molar-refractivity contribution in [3.8, 4) is 0 Å². The Kier molecular flexibility index (Phi) is 37.0. The third-order valence-electron chi connectivity index (χ3n) is 10.4. The molecule has 0 radical (unpaired) electrons. The molecule has 1 unspecified atom stereocenters. The van der Waals surface area contributed by atoms with Crippen LogP contribution >= 0.6 is 0 Å². The van der Waals surface area contributed by atoms with E-state index in [4.69, 9.17) is 4.74 Å². The van der Waals surface area contributed by atoms with Gasteiger partial charge in [-0.1, -0.05) is 121 Å². The molecule has 1 atom stereocenters. The first-order valence-corrected chi connectivity index (χ1v) is 23.1. The van der Waals surface area contributed by atoms with E-state index in [0.717, 1.165) is 103 Å². The molecule has 0 amide bonds. The lowest BCUT2D eigenvalue weighted by molar-refractivity contribution is -0.151. The molecule has 330 valence electrons. The first-order valence-electron chi connectivity index (χ1n) is 23.1. The quantitative estimate of drug-likeness (QED) is 0.0265. The van der Waals surface area contributed by atoms with E-state index in [1.165, 1.54) is 78.4 Å². The highest BCUT2D eigenvalue weighted by molar-refractivity contribution is 5.70. The van der Waals surface area contributed by atoms with E-state index >= 15 is 0 Å². The molecule has 7 heteroatoms. The first-order chi connectivity index (χ1) is 27.5. The number of ether oxygens (including phenoxy) is 3. The SMILES string of the molecule is COC(=O)CCCC/C=C\C/C=C\CCCCCCCCC(CCCCCCCC/C=C\C/C=C\CCCCC(=O)OC)OC(=O)CC(C)CC(C)(C)CN(C)C. The van der Waals surface area contributed by atoms with Crippen LogP contribution in [-0.4, -0.2) is 63.8 Å². The van der Waals surface area contributed by atoms with Crippen LogP contribution in [0.3, 0.4) is 0 Å². The number of esters is 3. The summed E-state index contributed by atoms with van der Waals surface area (Å²) < 4.78 is 15.5. The van der Waals surface area contributed by atoms with Crippen LogP contribution in [0.25, 0.3) is 0 Å². The van der Waals surface area contributed by atoms with Crippen molar-refractivity contribution in [2.45, 2.75) is 207 Å². The van der Waals surface area contributed by atoms with Gasteiger partial charge >= 0.3 is 17.9 Å². The lowest BCUT2D eigenvalue weighted by atomic mass is 9.82. The molecule has 0 fully saturated rings. The van der Waals surface area contributed by atoms with E-state index in [-0.39, 0.29) is 29.4 Å². The minimum atomic E-state index is -0.118. The summed E-state index contributed by atoms with van der Waals surface area (Å²) in [7, 11) is 7.12. The lowest BCUT2D eigenvalue weighted by Crippen LogP contribution is -2.31. The van der Waals surface area contributed by atoms with E-state index in [1.807, 2.05) is 0 Å². The Morgan fingerprint density at radius 2 is 0.895 bits per heavy atom. The Hall–Kier alpha value is -2.67. The molecule has 0 N–H and O–H groups in total. The van der Waals surface area contributed by atoms with Gasteiger partial charge in [0.25, 0.3) is 0 Å². The summed E-state index contributed by atoms with van der Waals surface area (Å²) >= 11 is 0. The van der Waals surface area contributed by atoms with E-state index in [2.05, 4.69) is 97.8 Å². The molecular formula is C50H89NO6. The van der Waals surface area contributed by atoms with Crippen molar-refractivity contribution in [1.29, 1.82) is 0 Å². The topological polar surface area (TPSA) is 82.1 Å². The predicted molar refractivity (Wildman–Crippen MR) is 241 cm³/mol. The van der Waals surface area contributed by atoms with Crippen LogP contribution in [0.2, 0.25) is 0 Å². The number of hydrogen-bond donors (Lipinski definition) is 0. The third kappa shape index (κ3) is 39.9. The van der Waals surface area contributed by atoms with Crippen LogP contribution in [0.5, 0.6) is 0 Å². The molecule has 0 aromatic carbocycles. The van der Waals surface area contributed by atoms with Gasteiger partial charge in [0.1, 0.15) is 6.10 Å². The van der Waals surface area contributed by atoms with E-state index in [9.17, 15) is 14.4 Å². The van der Waals surface area contributed by atoms with Gasteiger partial charge in [0, 0.05) is 25.8 Å². The van der Waals surface area contributed by atoms with Crippen molar-refractivity contribution in [1.82, 2.24) is 4.90 Å². The number of unbranched alkanes of at least 4 members (excludes halogenated alkanes) is 16. The fourth-order valence-corrected chi connectivity index (χ4v) is 7.68. The Balaban J connectivity index is 4.34. The van der Waals surface area contributed by atoms with Crippen molar-refractivity contribution < 1.29 is 28.6 Å². The highest BCUT2D eigenvalue weighted by Crippen LogP contribution is 2.28. The zero-order chi connectivity index (χ0) is 42.2. The Morgan fingerprint density at radius 1 is 0.526 bits per heavy atom. The fraction of sp³-hybridized carbons (Fsp3) is 0.780. The van der Waals surface area contributed by atoms with E-state index in [1.54, 1.807) is 0 Å². The summed E-state index contributed by atoms with van der Waals surface area (Å²) in [5, 5.41) is 0. The third-order valence-corrected chi connectivity index (χ3v) is 10.4. The summed E-state index contributed by atoms with van der Waals surface area (Å²) in [6, 6.07) is 0. The largest absolute Gasteiger partial charge is 0.469 e. The van der Waals surface area contributed by atoms with Gasteiger partial charge in [0.15, 0.2) is 0 Å². The van der Waals surface area contributed by atoms with E-state index < -0.39 is 0 Å². The number of allylic oxidation sites excluding steroid dienone is 8. The average Bonchev–Trinajstić information content (AvgIpc) is 3.15. The van der Waals surface area contributed by atoms with Gasteiger partial charge in [0.2, 0.25) is 0 Å². The van der Waals surface area contributed by atoms with Crippen LogP contribution in [0.1, 0.15) is 201 Å². The van der Waals surface area contributed by atoms with Gasteiger partial charge < -0.3 is 19.1 Å². The van der Waals surface area contributed by atoms with Gasteiger partial charge in [0.05, 0.1) is 14.2 Å². The van der Waals surface area contributed by atoms with Gasteiger partial charge in [-0.3, -0.25) is 14.4 Å². The summed E-state index contributed by atoms with van der Waals surface area (Å²) in [6.45, 7) is 7.81. The molecule has 0 aliphatic rings. The smallest absolute Gasteiger partial charge is 0.306 e. The van der Waals surface area contributed by atoms with Crippen LogP contribution in [0.4, 0.5) is 0 Å². The summed E-state index contributed by atoms with van der Waals surface area (Å²) in [5.74, 6) is 0.0731. The maximum absolute atomic E-state index is 13.1. The zero-order valence-electron chi connectivity index (χ0n) is 38.2. The number of nitrogens with zero attached hydrogens (tertiary/aromatic N) is 1. The number of carbonyl (C=O) groups excluding carboxylic acids is 3. The number of hydrogen-bond acceptors (Lipinski definition) is 7. The molecule has 0 bridgehead atoms. The van der Waals surface area contributed by atoms with Crippen LogP contribution in [0.15, 0.2) is 48.6 Å². The molecule has 0 saturated carbocycles. The van der Waals surface area contributed by atoms with Crippen molar-refractivity contribution in [2.75, 3.05) is 34.9 Å². The monoisotopic (exact) mass is 800 g/mol. The highest BCUT2D eigenvalue weighted by atomic mass is 16.5. The molecule has 0 aliphatic carbocycles. The van der Waals surface area contributed by atoms with Crippen LogP contribution < -0.4 is 0 Å². The van der Waals surface area contributed by atoms with Crippen molar-refractivity contribution >= 4 is 17.9 Å². The second-order valence-corrected chi connectivity index (χ2v) is 17.4. The molecule has 57 heavy (non-hydrogen) atoms. The minimum absolute atomic E-state index is 0.00785. The fourth-order valence-electron chi connectivity index (χ4n) is 7.68. The maximum Gasteiger partial charge on any atom is 0.306 e. The Morgan fingerprint density at radius 3 is 1.28 bits per heavy atom. The Bertz CT molecular complexity index is 1030. The van der Waals surface area contributed by atoms with E-state index in [0.29, 0.717) is 25.2 Å². The number of rotatable bonds is 39. The van der Waals surface area contributed by atoms with Crippen molar-refractivity contribution in [3.05, 3.63) is 48.6 Å². The van der Waals surface area contributed by atoms with Crippen molar-refractivity contribution in [2.24, 2.45) is 11.3 Å². The molecule has 0 rings (SSSR count). The lowest BCUT2D eigenvalue weighted by Gasteiger charge is -2.31. The summed E-state index contributed by atoms with van der Waals surface area (Å²) in [5.41, 5.74) is 0.175. The van der Waals surface area contributed by atoms with Crippen LogP contribution in [-0.2, 0) is 28.6 Å². The molecule has 0 spiro atoms. The average molecular weight is 800 g/mol. The molecule has 0 saturated heterocycles. The molecule has 0 aromatic rings. The van der Waals surface area contributed by atoms with Gasteiger partial charge in [-0.15, -0.1) is 0 Å². The second-order valence-electron chi connectivity index (χ2n) is 17.4. The second kappa shape index (κ2) is 38.8. The van der Waals surface area contributed by atoms with Gasteiger partial charge in [-0.25, -0.2) is 0 Å². The maximum atomic E-state index is 13.1. The summed E-state index contributed by atoms with van der Waals surface area (Å²) in [6.07, 6.45) is 47.6. The highest BCUT2D eigenvalue weighted by Gasteiger charge is 2.24. The molecule has 0 heterocycles.